The number of nitrogens with zero attached hydrogens (tertiary/aromatic N) is 3. The Kier molecular flexibility index (Phi) is 5.46. The van der Waals surface area contributed by atoms with Gasteiger partial charge in [0, 0.05) is 36.3 Å². The van der Waals surface area contributed by atoms with E-state index in [0.29, 0.717) is 23.6 Å². The molecule has 2 heterocycles. The molecule has 2 aromatic heterocycles. The SMILES string of the molecule is CCCCNC(=O)c1cnc(-c2cccnc2)nc1-c1ccccc1. The van der Waals surface area contributed by atoms with Crippen LogP contribution in [0.2, 0.25) is 0 Å². The van der Waals surface area contributed by atoms with Crippen molar-refractivity contribution in [3.05, 3.63) is 66.6 Å². The summed E-state index contributed by atoms with van der Waals surface area (Å²) in [5, 5.41) is 2.94. The van der Waals surface area contributed by atoms with Crippen LogP contribution in [0.4, 0.5) is 0 Å². The van der Waals surface area contributed by atoms with Gasteiger partial charge in [-0.25, -0.2) is 9.97 Å². The Morgan fingerprint density at radius 3 is 2.56 bits per heavy atom. The quantitative estimate of drug-likeness (QED) is 0.698. The molecular formula is C20H20N4O. The van der Waals surface area contributed by atoms with E-state index in [-0.39, 0.29) is 5.91 Å². The molecule has 0 aliphatic heterocycles. The minimum absolute atomic E-state index is 0.148. The zero-order chi connectivity index (χ0) is 17.5. The number of pyridine rings is 1. The molecule has 0 saturated heterocycles. The second kappa shape index (κ2) is 8.15. The summed E-state index contributed by atoms with van der Waals surface area (Å²) in [5.41, 5.74) is 2.81. The van der Waals surface area contributed by atoms with Crippen LogP contribution in [0, 0.1) is 0 Å². The lowest BCUT2D eigenvalue weighted by molar-refractivity contribution is 0.0953. The number of carbonyl (C=O) groups is 1. The summed E-state index contributed by atoms with van der Waals surface area (Å²) >= 11 is 0. The summed E-state index contributed by atoms with van der Waals surface area (Å²) in [4.78, 5) is 25.7. The average Bonchev–Trinajstić information content (AvgIpc) is 2.69. The van der Waals surface area contributed by atoms with Crippen LogP contribution < -0.4 is 5.32 Å². The molecule has 0 fully saturated rings. The summed E-state index contributed by atoms with van der Waals surface area (Å²) in [6, 6.07) is 13.4. The van der Waals surface area contributed by atoms with Crippen LogP contribution in [0.5, 0.6) is 0 Å². The van der Waals surface area contributed by atoms with Crippen LogP contribution in [0.1, 0.15) is 30.1 Å². The number of carbonyl (C=O) groups excluding carboxylic acids is 1. The van der Waals surface area contributed by atoms with Crippen LogP contribution in [0.15, 0.2) is 61.1 Å². The number of nitrogens with one attached hydrogen (secondary N) is 1. The second-order valence-electron chi connectivity index (χ2n) is 5.67. The van der Waals surface area contributed by atoms with Gasteiger partial charge in [-0.2, -0.15) is 0 Å². The Morgan fingerprint density at radius 2 is 1.84 bits per heavy atom. The fourth-order valence-corrected chi connectivity index (χ4v) is 2.47. The molecule has 0 aliphatic carbocycles. The molecule has 5 nitrogen and oxygen atoms in total. The molecule has 3 aromatic rings. The minimum Gasteiger partial charge on any atom is -0.352 e. The maximum absolute atomic E-state index is 12.6. The minimum atomic E-state index is -0.148. The molecule has 0 spiro atoms. The lowest BCUT2D eigenvalue weighted by atomic mass is 10.1. The highest BCUT2D eigenvalue weighted by Crippen LogP contribution is 2.24. The van der Waals surface area contributed by atoms with Gasteiger partial charge in [0.25, 0.3) is 5.91 Å². The van der Waals surface area contributed by atoms with Gasteiger partial charge in [0.1, 0.15) is 0 Å². The van der Waals surface area contributed by atoms with Gasteiger partial charge < -0.3 is 5.32 Å². The fourth-order valence-electron chi connectivity index (χ4n) is 2.47. The number of amides is 1. The van der Waals surface area contributed by atoms with E-state index in [1.54, 1.807) is 18.6 Å². The predicted octanol–water partition coefficient (Wildman–Crippen LogP) is 3.74. The molecule has 1 aromatic carbocycles. The highest BCUT2D eigenvalue weighted by Gasteiger charge is 2.16. The molecule has 3 rings (SSSR count). The molecular weight excluding hydrogens is 312 g/mol. The number of unbranched alkanes of at least 4 members (excludes halogenated alkanes) is 1. The third-order valence-electron chi connectivity index (χ3n) is 3.82. The van der Waals surface area contributed by atoms with Crippen molar-refractivity contribution in [1.29, 1.82) is 0 Å². The molecule has 25 heavy (non-hydrogen) atoms. The molecule has 0 bridgehead atoms. The van der Waals surface area contributed by atoms with Gasteiger partial charge in [0.2, 0.25) is 0 Å². The first-order chi connectivity index (χ1) is 12.3. The van der Waals surface area contributed by atoms with Crippen LogP contribution >= 0.6 is 0 Å². The Morgan fingerprint density at radius 1 is 1.04 bits per heavy atom. The van der Waals surface area contributed by atoms with E-state index in [1.165, 1.54) is 0 Å². The van der Waals surface area contributed by atoms with Crippen LogP contribution in [-0.2, 0) is 0 Å². The molecule has 0 aliphatic rings. The Labute approximate surface area is 147 Å². The maximum Gasteiger partial charge on any atom is 0.255 e. The number of rotatable bonds is 6. The zero-order valence-electron chi connectivity index (χ0n) is 14.1. The standard InChI is InChI=1S/C20H20N4O/c1-2-3-12-22-20(25)17-14-23-19(16-10-7-11-21-13-16)24-18(17)15-8-5-4-6-9-15/h4-11,13-14H,2-3,12H2,1H3,(H,22,25). The van der Waals surface area contributed by atoms with Crippen LogP contribution in [0.25, 0.3) is 22.6 Å². The van der Waals surface area contributed by atoms with E-state index in [9.17, 15) is 4.79 Å². The first kappa shape index (κ1) is 16.8. The highest BCUT2D eigenvalue weighted by atomic mass is 16.1. The number of aromatic nitrogens is 3. The van der Waals surface area contributed by atoms with E-state index in [4.69, 9.17) is 0 Å². The van der Waals surface area contributed by atoms with Crippen molar-refractivity contribution in [2.75, 3.05) is 6.54 Å². The largest absolute Gasteiger partial charge is 0.352 e. The number of hydrogen-bond acceptors (Lipinski definition) is 4. The fraction of sp³-hybridized carbons (Fsp3) is 0.200. The molecule has 0 atom stereocenters. The lowest BCUT2D eigenvalue weighted by Gasteiger charge is -2.11. The normalized spacial score (nSPS) is 10.4. The van der Waals surface area contributed by atoms with Gasteiger partial charge in [-0.3, -0.25) is 9.78 Å². The smallest absolute Gasteiger partial charge is 0.255 e. The van der Waals surface area contributed by atoms with Crippen molar-refractivity contribution < 1.29 is 4.79 Å². The van der Waals surface area contributed by atoms with Crippen molar-refractivity contribution >= 4 is 5.91 Å². The monoisotopic (exact) mass is 332 g/mol. The molecule has 0 radical (unpaired) electrons. The molecule has 1 amide bonds. The van der Waals surface area contributed by atoms with Gasteiger partial charge in [0.05, 0.1) is 11.3 Å². The molecule has 1 N–H and O–H groups in total. The molecule has 0 unspecified atom stereocenters. The first-order valence-electron chi connectivity index (χ1n) is 8.40. The van der Waals surface area contributed by atoms with Crippen molar-refractivity contribution in [3.63, 3.8) is 0 Å². The maximum atomic E-state index is 12.6. The van der Waals surface area contributed by atoms with Gasteiger partial charge in [0.15, 0.2) is 5.82 Å². The van der Waals surface area contributed by atoms with Crippen LogP contribution in [0.3, 0.4) is 0 Å². The van der Waals surface area contributed by atoms with E-state index < -0.39 is 0 Å². The van der Waals surface area contributed by atoms with Crippen LogP contribution in [-0.4, -0.2) is 27.4 Å². The first-order valence-corrected chi connectivity index (χ1v) is 8.40. The summed E-state index contributed by atoms with van der Waals surface area (Å²) in [6.07, 6.45) is 6.99. The van der Waals surface area contributed by atoms with Gasteiger partial charge >= 0.3 is 0 Å². The Balaban J connectivity index is 2.01. The molecule has 5 heteroatoms. The topological polar surface area (TPSA) is 67.8 Å². The predicted molar refractivity (Wildman–Crippen MR) is 97.9 cm³/mol. The molecule has 0 saturated carbocycles. The van der Waals surface area contributed by atoms with Gasteiger partial charge in [-0.15, -0.1) is 0 Å². The third-order valence-corrected chi connectivity index (χ3v) is 3.82. The van der Waals surface area contributed by atoms with Crippen molar-refractivity contribution in [2.45, 2.75) is 19.8 Å². The third kappa shape index (κ3) is 4.07. The van der Waals surface area contributed by atoms with E-state index in [1.807, 2.05) is 42.5 Å². The summed E-state index contributed by atoms with van der Waals surface area (Å²) in [6.45, 7) is 2.74. The summed E-state index contributed by atoms with van der Waals surface area (Å²) in [7, 11) is 0. The van der Waals surface area contributed by atoms with E-state index in [2.05, 4.69) is 27.2 Å². The number of hydrogen-bond donors (Lipinski definition) is 1. The molecule has 126 valence electrons. The van der Waals surface area contributed by atoms with E-state index in [0.717, 1.165) is 24.0 Å². The van der Waals surface area contributed by atoms with Crippen molar-refractivity contribution in [3.8, 4) is 22.6 Å². The summed E-state index contributed by atoms with van der Waals surface area (Å²) < 4.78 is 0. The summed E-state index contributed by atoms with van der Waals surface area (Å²) in [5.74, 6) is 0.405. The lowest BCUT2D eigenvalue weighted by Crippen LogP contribution is -2.25. The van der Waals surface area contributed by atoms with E-state index >= 15 is 0 Å². The number of benzene rings is 1. The van der Waals surface area contributed by atoms with Gasteiger partial charge in [-0.1, -0.05) is 43.7 Å². The van der Waals surface area contributed by atoms with Gasteiger partial charge in [-0.05, 0) is 18.6 Å². The zero-order valence-corrected chi connectivity index (χ0v) is 14.1. The second-order valence-corrected chi connectivity index (χ2v) is 5.67. The highest BCUT2D eigenvalue weighted by molar-refractivity contribution is 5.99. The Bertz CT molecular complexity index is 835. The van der Waals surface area contributed by atoms with Crippen molar-refractivity contribution in [2.24, 2.45) is 0 Å². The average molecular weight is 332 g/mol. The Hall–Kier alpha value is -3.08. The van der Waals surface area contributed by atoms with Crippen molar-refractivity contribution in [1.82, 2.24) is 20.3 Å².